The molecule has 1 aliphatic heterocycles. The summed E-state index contributed by atoms with van der Waals surface area (Å²) in [4.78, 5) is 6.93. The molecule has 0 saturated carbocycles. The number of aromatic nitrogens is 1. The van der Waals surface area contributed by atoms with Crippen molar-refractivity contribution in [3.63, 3.8) is 0 Å². The Bertz CT molecular complexity index is 320. The molecular weight excluding hydrogens is 198 g/mol. The van der Waals surface area contributed by atoms with Gasteiger partial charge in [0.2, 0.25) is 0 Å². The Morgan fingerprint density at radius 2 is 2.38 bits per heavy atom. The summed E-state index contributed by atoms with van der Waals surface area (Å²) in [6, 6.07) is 4.89. The number of likely N-dealkylation sites (tertiary alicyclic amines) is 1. The maximum atomic E-state index is 5.57. The third-order valence-corrected chi connectivity index (χ3v) is 3.33. The number of nitrogens with two attached hydrogens (primary N) is 1. The zero-order valence-corrected chi connectivity index (χ0v) is 10.0. The molecule has 88 valence electrons. The summed E-state index contributed by atoms with van der Waals surface area (Å²) in [5, 5.41) is 0. The van der Waals surface area contributed by atoms with E-state index < -0.39 is 0 Å². The largest absolute Gasteiger partial charge is 0.330 e. The van der Waals surface area contributed by atoms with Crippen molar-refractivity contribution in [3.8, 4) is 0 Å². The molecule has 1 aromatic heterocycles. The van der Waals surface area contributed by atoms with E-state index in [-0.39, 0.29) is 0 Å². The van der Waals surface area contributed by atoms with Gasteiger partial charge in [0.1, 0.15) is 0 Å². The van der Waals surface area contributed by atoms with Crippen molar-refractivity contribution in [2.75, 3.05) is 19.6 Å². The van der Waals surface area contributed by atoms with E-state index in [1.807, 2.05) is 13.1 Å². The van der Waals surface area contributed by atoms with Gasteiger partial charge < -0.3 is 5.73 Å². The molecule has 0 amide bonds. The first kappa shape index (κ1) is 11.6. The van der Waals surface area contributed by atoms with Crippen molar-refractivity contribution >= 4 is 0 Å². The van der Waals surface area contributed by atoms with Crippen LogP contribution in [-0.4, -0.2) is 29.5 Å². The number of pyridine rings is 1. The number of rotatable bonds is 4. The lowest BCUT2D eigenvalue weighted by molar-refractivity contribution is 0.255. The minimum atomic E-state index is 0.569. The second-order valence-corrected chi connectivity index (χ2v) is 4.57. The normalized spacial score (nSPS) is 21.5. The van der Waals surface area contributed by atoms with Crippen LogP contribution in [0.15, 0.2) is 18.3 Å². The van der Waals surface area contributed by atoms with Crippen LogP contribution >= 0.6 is 0 Å². The first-order valence-corrected chi connectivity index (χ1v) is 6.18. The maximum absolute atomic E-state index is 5.57. The topological polar surface area (TPSA) is 42.1 Å². The molecule has 3 heteroatoms. The minimum absolute atomic E-state index is 0.569. The molecule has 0 aromatic carbocycles. The molecule has 2 N–H and O–H groups in total. The van der Waals surface area contributed by atoms with E-state index in [1.54, 1.807) is 0 Å². The molecular formula is C13H21N3. The van der Waals surface area contributed by atoms with Gasteiger partial charge in [0, 0.05) is 17.9 Å². The van der Waals surface area contributed by atoms with Crippen LogP contribution < -0.4 is 5.73 Å². The van der Waals surface area contributed by atoms with Crippen LogP contribution in [0.2, 0.25) is 0 Å². The monoisotopic (exact) mass is 219 g/mol. The molecule has 16 heavy (non-hydrogen) atoms. The van der Waals surface area contributed by atoms with Crippen molar-refractivity contribution in [1.82, 2.24) is 9.88 Å². The molecule has 0 bridgehead atoms. The molecule has 1 aliphatic rings. The van der Waals surface area contributed by atoms with Crippen LogP contribution in [0.3, 0.4) is 0 Å². The summed E-state index contributed by atoms with van der Waals surface area (Å²) < 4.78 is 0. The highest BCUT2D eigenvalue weighted by atomic mass is 15.2. The smallest absolute Gasteiger partial charge is 0.0372 e. The molecule has 3 nitrogen and oxygen atoms in total. The Morgan fingerprint density at radius 1 is 1.50 bits per heavy atom. The SMILES string of the molecule is Cc1ccc([C@H]2CCCN2CCCN)cn1. The Labute approximate surface area is 97.7 Å². The molecule has 0 unspecified atom stereocenters. The Kier molecular flexibility index (Phi) is 3.91. The van der Waals surface area contributed by atoms with E-state index in [0.717, 1.165) is 25.2 Å². The highest BCUT2D eigenvalue weighted by Crippen LogP contribution is 2.31. The lowest BCUT2D eigenvalue weighted by atomic mass is 10.1. The van der Waals surface area contributed by atoms with Gasteiger partial charge in [-0.3, -0.25) is 9.88 Å². The van der Waals surface area contributed by atoms with Gasteiger partial charge in [0.05, 0.1) is 0 Å². The van der Waals surface area contributed by atoms with Crippen molar-refractivity contribution in [2.24, 2.45) is 5.73 Å². The summed E-state index contributed by atoms with van der Waals surface area (Å²) in [5.74, 6) is 0. The van der Waals surface area contributed by atoms with Gasteiger partial charge in [-0.15, -0.1) is 0 Å². The molecule has 1 aromatic rings. The summed E-state index contributed by atoms with van der Waals surface area (Å²) >= 11 is 0. The van der Waals surface area contributed by atoms with Crippen LogP contribution in [0.4, 0.5) is 0 Å². The van der Waals surface area contributed by atoms with E-state index in [4.69, 9.17) is 5.73 Å². The first-order chi connectivity index (χ1) is 7.81. The second-order valence-electron chi connectivity index (χ2n) is 4.57. The van der Waals surface area contributed by atoms with Gasteiger partial charge in [0.25, 0.3) is 0 Å². The fourth-order valence-electron chi connectivity index (χ4n) is 2.44. The lowest BCUT2D eigenvalue weighted by Crippen LogP contribution is -2.26. The molecule has 2 heterocycles. The van der Waals surface area contributed by atoms with Crippen molar-refractivity contribution in [2.45, 2.75) is 32.2 Å². The van der Waals surface area contributed by atoms with E-state index in [1.165, 1.54) is 24.9 Å². The van der Waals surface area contributed by atoms with Crippen molar-refractivity contribution in [1.29, 1.82) is 0 Å². The fourth-order valence-corrected chi connectivity index (χ4v) is 2.44. The molecule has 2 rings (SSSR count). The van der Waals surface area contributed by atoms with Crippen LogP contribution in [0, 0.1) is 6.92 Å². The maximum Gasteiger partial charge on any atom is 0.0372 e. The van der Waals surface area contributed by atoms with Crippen molar-refractivity contribution < 1.29 is 0 Å². The predicted octanol–water partition coefficient (Wildman–Crippen LogP) is 1.88. The average molecular weight is 219 g/mol. The third-order valence-electron chi connectivity index (χ3n) is 3.33. The van der Waals surface area contributed by atoms with E-state index in [0.29, 0.717) is 6.04 Å². The van der Waals surface area contributed by atoms with E-state index in [9.17, 15) is 0 Å². The zero-order valence-electron chi connectivity index (χ0n) is 10.0. The number of nitrogens with zero attached hydrogens (tertiary/aromatic N) is 2. The third kappa shape index (κ3) is 2.60. The molecule has 0 radical (unpaired) electrons. The summed E-state index contributed by atoms with van der Waals surface area (Å²) in [6.45, 7) is 5.15. The molecule has 1 saturated heterocycles. The standard InChI is InChI=1S/C13H21N3/c1-11-5-6-12(10-15-11)13-4-2-8-16(13)9-3-7-14/h5-6,10,13H,2-4,7-9,14H2,1H3/t13-/m1/s1. The second kappa shape index (κ2) is 5.41. The molecule has 1 atom stereocenters. The van der Waals surface area contributed by atoms with Crippen LogP contribution in [-0.2, 0) is 0 Å². The molecule has 0 aliphatic carbocycles. The molecule has 0 spiro atoms. The average Bonchev–Trinajstić information content (AvgIpc) is 2.75. The van der Waals surface area contributed by atoms with Gasteiger partial charge >= 0.3 is 0 Å². The summed E-state index contributed by atoms with van der Waals surface area (Å²) in [5.41, 5.74) is 8.03. The van der Waals surface area contributed by atoms with Gasteiger partial charge in [-0.2, -0.15) is 0 Å². The van der Waals surface area contributed by atoms with Gasteiger partial charge in [0.15, 0.2) is 0 Å². The van der Waals surface area contributed by atoms with Gasteiger partial charge in [-0.1, -0.05) is 6.07 Å². The van der Waals surface area contributed by atoms with Crippen LogP contribution in [0.1, 0.15) is 36.6 Å². The Hall–Kier alpha value is -0.930. The van der Waals surface area contributed by atoms with E-state index >= 15 is 0 Å². The summed E-state index contributed by atoms with van der Waals surface area (Å²) in [7, 11) is 0. The molecule has 1 fully saturated rings. The highest BCUT2D eigenvalue weighted by molar-refractivity contribution is 5.18. The van der Waals surface area contributed by atoms with E-state index in [2.05, 4.69) is 22.0 Å². The van der Waals surface area contributed by atoms with Gasteiger partial charge in [-0.05, 0) is 57.5 Å². The van der Waals surface area contributed by atoms with Crippen LogP contribution in [0.5, 0.6) is 0 Å². The number of hydrogen-bond acceptors (Lipinski definition) is 3. The number of aryl methyl sites for hydroxylation is 1. The fraction of sp³-hybridized carbons (Fsp3) is 0.615. The van der Waals surface area contributed by atoms with Crippen molar-refractivity contribution in [3.05, 3.63) is 29.6 Å². The Morgan fingerprint density at radius 3 is 3.06 bits per heavy atom. The summed E-state index contributed by atoms with van der Waals surface area (Å²) in [6.07, 6.45) is 5.68. The first-order valence-electron chi connectivity index (χ1n) is 6.18. The van der Waals surface area contributed by atoms with Crippen LogP contribution in [0.25, 0.3) is 0 Å². The zero-order chi connectivity index (χ0) is 11.4. The predicted molar refractivity (Wildman–Crippen MR) is 66.2 cm³/mol. The quantitative estimate of drug-likeness (QED) is 0.840. The highest BCUT2D eigenvalue weighted by Gasteiger charge is 2.25. The number of hydrogen-bond donors (Lipinski definition) is 1. The lowest BCUT2D eigenvalue weighted by Gasteiger charge is -2.24. The minimum Gasteiger partial charge on any atom is -0.330 e. The van der Waals surface area contributed by atoms with Gasteiger partial charge in [-0.25, -0.2) is 0 Å². The Balaban J connectivity index is 2.04.